The SMILES string of the molecule is Cc1cnc(-c2[c-]c3sc4ccccc4c3c3c2sc2ccccc23)cc1C.[CH3][Ge]([CH3])([CH3])[c]1ccc(-c2[c-]cccc2)nc1.[Ir]. The van der Waals surface area contributed by atoms with E-state index >= 15 is 0 Å². The number of aryl methyl sites for hydroxylation is 2. The van der Waals surface area contributed by atoms with Gasteiger partial charge in [0.1, 0.15) is 0 Å². The van der Waals surface area contributed by atoms with Crippen LogP contribution in [0.5, 0.6) is 0 Å². The monoisotopic (exact) mass is 859 g/mol. The van der Waals surface area contributed by atoms with Gasteiger partial charge in [-0.2, -0.15) is 22.7 Å². The number of hydrogen-bond donors (Lipinski definition) is 0. The molecule has 0 fully saturated rings. The average molecular weight is 858 g/mol. The molecule has 4 aromatic carbocycles. The second-order valence-electron chi connectivity index (χ2n) is 12.2. The smallest absolute Gasteiger partial charge is 0 e. The van der Waals surface area contributed by atoms with Crippen molar-refractivity contribution in [1.82, 2.24) is 9.97 Å². The molecule has 8 rings (SSSR count). The number of thiophene rings is 2. The van der Waals surface area contributed by atoms with Crippen LogP contribution >= 0.6 is 22.7 Å². The molecule has 0 aliphatic heterocycles. The fourth-order valence-electron chi connectivity index (χ4n) is 5.51. The van der Waals surface area contributed by atoms with Gasteiger partial charge in [0.05, 0.1) is 0 Å². The van der Waals surface area contributed by atoms with Crippen molar-refractivity contribution in [2.75, 3.05) is 0 Å². The molecular formula is C39H32GeIrN2S2-2. The van der Waals surface area contributed by atoms with E-state index in [9.17, 15) is 0 Å². The Balaban J connectivity index is 0.000000181. The Morgan fingerprint density at radius 3 is 1.98 bits per heavy atom. The van der Waals surface area contributed by atoms with Crippen molar-refractivity contribution in [2.45, 2.75) is 31.1 Å². The zero-order valence-corrected chi connectivity index (χ0v) is 32.0. The van der Waals surface area contributed by atoms with E-state index in [1.54, 1.807) is 0 Å². The van der Waals surface area contributed by atoms with Crippen molar-refractivity contribution in [3.63, 3.8) is 0 Å². The summed E-state index contributed by atoms with van der Waals surface area (Å²) in [6, 6.07) is 38.9. The van der Waals surface area contributed by atoms with Gasteiger partial charge in [-0.25, -0.2) is 0 Å². The average Bonchev–Trinajstić information content (AvgIpc) is 3.61. The Hall–Kier alpha value is -3.19. The number of rotatable bonds is 3. The van der Waals surface area contributed by atoms with Crippen LogP contribution in [0.4, 0.5) is 0 Å². The van der Waals surface area contributed by atoms with Crippen LogP contribution in [0.2, 0.25) is 17.3 Å². The quantitative estimate of drug-likeness (QED) is 0.131. The van der Waals surface area contributed by atoms with E-state index in [2.05, 4.69) is 115 Å². The summed E-state index contributed by atoms with van der Waals surface area (Å²) in [6.07, 6.45) is 4.02. The molecule has 0 aliphatic rings. The van der Waals surface area contributed by atoms with Crippen LogP contribution in [0.15, 0.2) is 103 Å². The maximum absolute atomic E-state index is 4.77. The van der Waals surface area contributed by atoms with Crippen LogP contribution in [0, 0.1) is 26.0 Å². The third kappa shape index (κ3) is 6.17. The summed E-state index contributed by atoms with van der Waals surface area (Å²) >= 11 is 1.96. The Bertz CT molecular complexity index is 2280. The number of nitrogens with zero attached hydrogens (tertiary/aromatic N) is 2. The van der Waals surface area contributed by atoms with Crippen LogP contribution in [0.25, 0.3) is 62.9 Å². The van der Waals surface area contributed by atoms with Crippen LogP contribution in [0.3, 0.4) is 0 Å². The van der Waals surface area contributed by atoms with Gasteiger partial charge < -0.3 is 4.98 Å². The minimum atomic E-state index is -1.72. The summed E-state index contributed by atoms with van der Waals surface area (Å²) in [7, 11) is 0. The summed E-state index contributed by atoms with van der Waals surface area (Å²) in [5, 5.41) is 5.34. The number of aromatic nitrogens is 2. The summed E-state index contributed by atoms with van der Waals surface area (Å²) in [6.45, 7) is 4.26. The molecule has 0 bridgehead atoms. The Morgan fingerprint density at radius 2 is 1.33 bits per heavy atom. The molecule has 1 radical (unpaired) electrons. The molecule has 0 saturated carbocycles. The fourth-order valence-corrected chi connectivity index (χ4v) is 10.0. The number of hydrogen-bond acceptors (Lipinski definition) is 4. The predicted octanol–water partition coefficient (Wildman–Crippen LogP) is 11.0. The molecule has 6 heteroatoms. The van der Waals surface area contributed by atoms with Crippen molar-refractivity contribution < 1.29 is 20.1 Å². The van der Waals surface area contributed by atoms with Crippen LogP contribution in [-0.2, 0) is 20.1 Å². The minimum absolute atomic E-state index is 0. The Kier molecular flexibility index (Phi) is 9.11. The van der Waals surface area contributed by atoms with Crippen molar-refractivity contribution >= 4 is 80.7 Å². The molecule has 4 aromatic heterocycles. The molecule has 2 nitrogen and oxygen atoms in total. The summed E-state index contributed by atoms with van der Waals surface area (Å²) in [4.78, 5) is 9.30. The van der Waals surface area contributed by atoms with E-state index < -0.39 is 13.3 Å². The second kappa shape index (κ2) is 12.9. The first-order valence-electron chi connectivity index (χ1n) is 14.8. The van der Waals surface area contributed by atoms with Crippen LogP contribution in [-0.4, -0.2) is 23.2 Å². The van der Waals surface area contributed by atoms with Gasteiger partial charge >= 0.3 is 99.8 Å². The van der Waals surface area contributed by atoms with E-state index in [0.717, 1.165) is 22.5 Å². The Labute approximate surface area is 288 Å². The molecule has 45 heavy (non-hydrogen) atoms. The molecular weight excluding hydrogens is 825 g/mol. The standard InChI is InChI=1S/C25H16NS2.C14H16GeN.Ir/c1-14-11-19(26-13-15(14)2)18-12-22-23(16-7-3-5-9-20(16)27-22)24-17-8-4-6-10-21(17)28-25(18)24;1-15(2,3)13-9-10-14(16-11-13)12-7-5-4-6-8-12;/h3-11,13H,1-2H3;4-7,9-11H,1-3H3;/q2*-1;. The molecule has 4 heterocycles. The molecule has 0 N–H and O–H groups in total. The van der Waals surface area contributed by atoms with Crippen LogP contribution in [0.1, 0.15) is 11.1 Å². The van der Waals surface area contributed by atoms with Gasteiger partial charge in [0.15, 0.2) is 0 Å². The molecule has 0 spiro atoms. The number of pyridine rings is 2. The first kappa shape index (κ1) is 31.8. The van der Waals surface area contributed by atoms with Gasteiger partial charge in [0.25, 0.3) is 0 Å². The van der Waals surface area contributed by atoms with E-state index in [4.69, 9.17) is 4.98 Å². The minimum Gasteiger partial charge on any atom is 0 e. The zero-order chi connectivity index (χ0) is 30.4. The summed E-state index contributed by atoms with van der Waals surface area (Å²) in [5.74, 6) is 7.14. The molecule has 0 aliphatic carbocycles. The zero-order valence-electron chi connectivity index (χ0n) is 25.9. The largest absolute Gasteiger partial charge is 0 e. The van der Waals surface area contributed by atoms with Gasteiger partial charge in [-0.15, -0.1) is 11.6 Å². The molecule has 0 unspecified atom stereocenters. The van der Waals surface area contributed by atoms with E-state index in [1.807, 2.05) is 59.3 Å². The fraction of sp³-hybridized carbons (Fsp3) is 0.128. The van der Waals surface area contributed by atoms with Crippen LogP contribution < -0.4 is 4.40 Å². The molecule has 8 aromatic rings. The topological polar surface area (TPSA) is 25.8 Å². The molecule has 0 amide bonds. The third-order valence-corrected chi connectivity index (χ3v) is 14.7. The van der Waals surface area contributed by atoms with E-state index in [1.165, 1.54) is 55.9 Å². The predicted molar refractivity (Wildman–Crippen MR) is 195 cm³/mol. The molecule has 225 valence electrons. The van der Waals surface area contributed by atoms with Gasteiger partial charge in [-0.1, -0.05) is 58.8 Å². The van der Waals surface area contributed by atoms with Crippen molar-refractivity contribution in [3.8, 4) is 22.5 Å². The maximum atomic E-state index is 4.77. The van der Waals surface area contributed by atoms with Crippen molar-refractivity contribution in [3.05, 3.63) is 127 Å². The van der Waals surface area contributed by atoms with Gasteiger partial charge in [-0.05, 0) is 57.4 Å². The number of benzene rings is 4. The van der Waals surface area contributed by atoms with Gasteiger partial charge in [0, 0.05) is 35.7 Å². The summed E-state index contributed by atoms with van der Waals surface area (Å²) in [5.41, 5.74) is 6.70. The summed E-state index contributed by atoms with van der Waals surface area (Å²) < 4.78 is 6.58. The van der Waals surface area contributed by atoms with Gasteiger partial charge in [0.2, 0.25) is 0 Å². The van der Waals surface area contributed by atoms with Crippen molar-refractivity contribution in [2.24, 2.45) is 0 Å². The van der Waals surface area contributed by atoms with Crippen molar-refractivity contribution in [1.29, 1.82) is 0 Å². The van der Waals surface area contributed by atoms with Gasteiger partial charge in [-0.3, -0.25) is 0 Å². The molecule has 0 saturated heterocycles. The van der Waals surface area contributed by atoms with E-state index in [-0.39, 0.29) is 20.1 Å². The normalized spacial score (nSPS) is 11.5. The Morgan fingerprint density at radius 1 is 0.667 bits per heavy atom. The maximum Gasteiger partial charge on any atom is 0 e. The third-order valence-electron chi connectivity index (χ3n) is 8.15. The molecule has 0 atom stereocenters. The number of fused-ring (bicyclic) bond motifs is 7. The van der Waals surface area contributed by atoms with E-state index in [0.29, 0.717) is 0 Å². The second-order valence-corrected chi connectivity index (χ2v) is 25.0. The first-order chi connectivity index (χ1) is 21.3. The first-order valence-corrected chi connectivity index (χ1v) is 23.8.